The van der Waals surface area contributed by atoms with Gasteiger partial charge in [-0.2, -0.15) is 0 Å². The fourth-order valence-electron chi connectivity index (χ4n) is 8.11. The van der Waals surface area contributed by atoms with E-state index in [1.807, 2.05) is 11.3 Å². The van der Waals surface area contributed by atoms with E-state index in [0.29, 0.717) is 0 Å². The highest BCUT2D eigenvalue weighted by Gasteiger charge is 2.29. The maximum absolute atomic E-state index is 2.61. The molecule has 0 fully saturated rings. The molecule has 0 spiro atoms. The quantitative estimate of drug-likeness (QED) is 0.166. The molecule has 10 rings (SSSR count). The molecule has 10 aromatic rings. The number of aromatic nitrogens is 2. The maximum atomic E-state index is 2.61. The highest BCUT2D eigenvalue weighted by atomic mass is 32.1. The first kappa shape index (κ1) is 28.6. The molecule has 0 saturated heterocycles. The fourth-order valence-corrected chi connectivity index (χ4v) is 10.9. The summed E-state index contributed by atoms with van der Waals surface area (Å²) in [7, 11) is -1.90. The van der Waals surface area contributed by atoms with Gasteiger partial charge in [0.15, 0.2) is 0 Å². The van der Waals surface area contributed by atoms with Gasteiger partial charge in [0.25, 0.3) is 0 Å². The van der Waals surface area contributed by atoms with Crippen molar-refractivity contribution < 1.29 is 0 Å². The lowest BCUT2D eigenvalue weighted by Gasteiger charge is -2.27. The van der Waals surface area contributed by atoms with E-state index in [1.165, 1.54) is 91.5 Å². The highest BCUT2D eigenvalue weighted by Crippen LogP contribution is 2.45. The summed E-state index contributed by atoms with van der Waals surface area (Å²) < 4.78 is 7.76. The van der Waals surface area contributed by atoms with Crippen LogP contribution in [0.5, 0.6) is 0 Å². The predicted octanol–water partition coefficient (Wildman–Crippen LogP) is 12.5. The molecule has 0 aliphatic heterocycles. The topological polar surface area (TPSA) is 9.86 Å². The summed E-state index contributed by atoms with van der Waals surface area (Å²) in [5.74, 6) is 0. The van der Waals surface area contributed by atoms with Crippen LogP contribution in [0.15, 0.2) is 152 Å². The van der Waals surface area contributed by atoms with E-state index in [2.05, 4.69) is 180 Å². The molecule has 0 saturated carbocycles. The summed E-state index contributed by atoms with van der Waals surface area (Å²) in [6.45, 7) is 7.49. The standard InChI is InChI=1S/C45H34N2SSi/c1-49(2,3)42-28-41-44(35-20-10-14-24-40(35)48-41)43(29-15-5-4-6-16-29)45(42)47-38-23-13-9-19-33(38)34-26-25-30(27-39(34)47)46-36-21-11-7-17-31(36)32-18-8-12-22-37(32)46/h4-28H,1-3H3. The number of fused-ring (bicyclic) bond motifs is 9. The third-order valence-corrected chi connectivity index (χ3v) is 13.3. The Hall–Kier alpha value is -5.42. The molecule has 0 aliphatic rings. The van der Waals surface area contributed by atoms with Crippen molar-refractivity contribution in [3.8, 4) is 22.5 Å². The van der Waals surface area contributed by atoms with Crippen LogP contribution in [0.1, 0.15) is 0 Å². The molecule has 0 aliphatic carbocycles. The Morgan fingerprint density at radius 2 is 0.980 bits per heavy atom. The monoisotopic (exact) mass is 662 g/mol. The van der Waals surface area contributed by atoms with Crippen molar-refractivity contribution in [3.05, 3.63) is 152 Å². The van der Waals surface area contributed by atoms with E-state index in [0.717, 1.165) is 0 Å². The van der Waals surface area contributed by atoms with Gasteiger partial charge in [0, 0.05) is 53.0 Å². The van der Waals surface area contributed by atoms with Gasteiger partial charge >= 0.3 is 0 Å². The van der Waals surface area contributed by atoms with E-state index in [1.54, 1.807) is 0 Å². The molecule has 0 N–H and O–H groups in total. The molecule has 0 amide bonds. The zero-order valence-corrected chi connectivity index (χ0v) is 29.6. The van der Waals surface area contributed by atoms with Crippen LogP contribution < -0.4 is 5.19 Å². The lowest BCUT2D eigenvalue weighted by molar-refractivity contribution is 1.16. The van der Waals surface area contributed by atoms with Crippen molar-refractivity contribution in [3.63, 3.8) is 0 Å². The second-order valence-corrected chi connectivity index (χ2v) is 20.3. The first-order chi connectivity index (χ1) is 24.0. The molecule has 0 radical (unpaired) electrons. The smallest absolute Gasteiger partial charge is 0.0804 e. The third kappa shape index (κ3) is 4.18. The van der Waals surface area contributed by atoms with E-state index in [4.69, 9.17) is 0 Å². The molecule has 234 valence electrons. The summed E-state index contributed by atoms with van der Waals surface area (Å²) in [5.41, 5.74) is 10.0. The van der Waals surface area contributed by atoms with Crippen LogP contribution in [0.4, 0.5) is 0 Å². The molecule has 2 nitrogen and oxygen atoms in total. The minimum absolute atomic E-state index is 1.17. The van der Waals surface area contributed by atoms with Gasteiger partial charge in [-0.25, -0.2) is 0 Å². The summed E-state index contributed by atoms with van der Waals surface area (Å²) in [6.07, 6.45) is 0. The van der Waals surface area contributed by atoms with Gasteiger partial charge in [-0.3, -0.25) is 0 Å². The Bertz CT molecular complexity index is 2860. The van der Waals surface area contributed by atoms with Crippen LogP contribution in [-0.2, 0) is 0 Å². The molecule has 0 atom stereocenters. The average Bonchev–Trinajstić information content (AvgIpc) is 3.78. The van der Waals surface area contributed by atoms with Gasteiger partial charge in [0.05, 0.1) is 35.8 Å². The summed E-state index contributed by atoms with van der Waals surface area (Å²) in [4.78, 5) is 0. The number of nitrogens with zero attached hydrogens (tertiary/aromatic N) is 2. The van der Waals surface area contributed by atoms with Crippen molar-refractivity contribution in [2.75, 3.05) is 0 Å². The van der Waals surface area contributed by atoms with E-state index in [-0.39, 0.29) is 0 Å². The maximum Gasteiger partial charge on any atom is 0.0804 e. The number of para-hydroxylation sites is 3. The Morgan fingerprint density at radius 1 is 0.449 bits per heavy atom. The fraction of sp³-hybridized carbons (Fsp3) is 0.0667. The number of thiophene rings is 1. The van der Waals surface area contributed by atoms with Gasteiger partial charge in [0.1, 0.15) is 0 Å². The van der Waals surface area contributed by atoms with Crippen LogP contribution in [-0.4, -0.2) is 17.2 Å². The second kappa shape index (κ2) is 10.5. The van der Waals surface area contributed by atoms with Crippen molar-refractivity contribution in [1.82, 2.24) is 9.13 Å². The minimum atomic E-state index is -1.90. The lowest BCUT2D eigenvalue weighted by Crippen LogP contribution is -2.40. The molecule has 3 aromatic heterocycles. The molecule has 0 bridgehead atoms. The summed E-state index contributed by atoms with van der Waals surface area (Å²) in [6, 6.07) is 56.3. The zero-order valence-electron chi connectivity index (χ0n) is 27.7. The Labute approximate surface area is 290 Å². The normalized spacial score (nSPS) is 12.4. The van der Waals surface area contributed by atoms with Crippen molar-refractivity contribution >= 4 is 88.4 Å². The minimum Gasteiger partial charge on any atom is -0.309 e. The first-order valence-corrected chi connectivity index (χ1v) is 21.4. The summed E-state index contributed by atoms with van der Waals surface area (Å²) >= 11 is 1.93. The number of hydrogen-bond donors (Lipinski definition) is 0. The van der Waals surface area contributed by atoms with Gasteiger partial charge in [-0.1, -0.05) is 129 Å². The number of hydrogen-bond acceptors (Lipinski definition) is 1. The molecule has 4 heteroatoms. The molecule has 49 heavy (non-hydrogen) atoms. The first-order valence-electron chi connectivity index (χ1n) is 17.0. The van der Waals surface area contributed by atoms with Gasteiger partial charge in [-0.05, 0) is 53.2 Å². The molecule has 0 unspecified atom stereocenters. The third-order valence-electron chi connectivity index (χ3n) is 10.2. The lowest BCUT2D eigenvalue weighted by atomic mass is 9.97. The van der Waals surface area contributed by atoms with Crippen molar-refractivity contribution in [2.24, 2.45) is 0 Å². The molecular weight excluding hydrogens is 629 g/mol. The molecule has 7 aromatic carbocycles. The molecule has 3 heterocycles. The largest absolute Gasteiger partial charge is 0.309 e. The van der Waals surface area contributed by atoms with E-state index in [9.17, 15) is 0 Å². The van der Waals surface area contributed by atoms with Crippen LogP contribution in [0.3, 0.4) is 0 Å². The number of benzene rings is 7. The van der Waals surface area contributed by atoms with Crippen LogP contribution >= 0.6 is 11.3 Å². The van der Waals surface area contributed by atoms with Gasteiger partial charge in [-0.15, -0.1) is 11.3 Å². The Balaban J connectivity index is 1.41. The summed E-state index contributed by atoms with van der Waals surface area (Å²) in [5, 5.41) is 9.28. The Morgan fingerprint density at radius 3 is 1.61 bits per heavy atom. The van der Waals surface area contributed by atoms with Crippen LogP contribution in [0.25, 0.3) is 86.3 Å². The second-order valence-electron chi connectivity index (χ2n) is 14.2. The number of rotatable bonds is 4. The van der Waals surface area contributed by atoms with E-state index < -0.39 is 8.07 Å². The zero-order chi connectivity index (χ0) is 32.9. The average molecular weight is 663 g/mol. The highest BCUT2D eigenvalue weighted by molar-refractivity contribution is 7.26. The van der Waals surface area contributed by atoms with Crippen molar-refractivity contribution in [2.45, 2.75) is 19.6 Å². The predicted molar refractivity (Wildman–Crippen MR) is 216 cm³/mol. The Kier molecular flexibility index (Phi) is 6.15. The van der Waals surface area contributed by atoms with Gasteiger partial charge in [0.2, 0.25) is 0 Å². The SMILES string of the molecule is C[Si](C)(C)c1cc2sc3ccccc3c2c(-c2ccccc2)c1-n1c2ccccc2c2ccc(-n3c4ccccc4c4ccccc43)cc21. The van der Waals surface area contributed by atoms with E-state index >= 15 is 0 Å². The van der Waals surface area contributed by atoms with Crippen LogP contribution in [0.2, 0.25) is 19.6 Å². The van der Waals surface area contributed by atoms with Crippen molar-refractivity contribution in [1.29, 1.82) is 0 Å². The van der Waals surface area contributed by atoms with Crippen LogP contribution in [0, 0.1) is 0 Å². The van der Waals surface area contributed by atoms with Gasteiger partial charge < -0.3 is 9.13 Å². The molecular formula is C45H34N2SSi.